The first-order chi connectivity index (χ1) is 5.22. The lowest BCUT2D eigenvalue weighted by Gasteiger charge is -1.95. The Morgan fingerprint density at radius 2 is 2.27 bits per heavy atom. The van der Waals surface area contributed by atoms with E-state index in [4.69, 9.17) is 5.11 Å². The van der Waals surface area contributed by atoms with E-state index >= 15 is 0 Å². The molecule has 0 bridgehead atoms. The SMILES string of the molecule is CCCCC=C(CBr)C(=O)O. The van der Waals surface area contributed by atoms with Gasteiger partial charge in [-0.3, -0.25) is 0 Å². The second-order valence-corrected chi connectivity index (χ2v) is 2.87. The van der Waals surface area contributed by atoms with E-state index in [1.807, 2.05) is 0 Å². The molecule has 1 N–H and O–H groups in total. The van der Waals surface area contributed by atoms with Gasteiger partial charge in [0.15, 0.2) is 0 Å². The van der Waals surface area contributed by atoms with E-state index in [0.29, 0.717) is 10.9 Å². The topological polar surface area (TPSA) is 37.3 Å². The van der Waals surface area contributed by atoms with Crippen molar-refractivity contribution in [2.45, 2.75) is 26.2 Å². The second kappa shape index (κ2) is 6.40. The molecule has 0 aliphatic rings. The molecule has 64 valence electrons. The van der Waals surface area contributed by atoms with Gasteiger partial charge in [0.2, 0.25) is 0 Å². The van der Waals surface area contributed by atoms with Crippen LogP contribution in [0.15, 0.2) is 11.6 Å². The predicted octanol–water partition coefficient (Wildman–Crippen LogP) is 2.58. The smallest absolute Gasteiger partial charge is 0.332 e. The molecular formula is C8H13BrO2. The highest BCUT2D eigenvalue weighted by Crippen LogP contribution is 2.04. The Morgan fingerprint density at radius 3 is 2.64 bits per heavy atom. The lowest BCUT2D eigenvalue weighted by atomic mass is 10.2. The summed E-state index contributed by atoms with van der Waals surface area (Å²) < 4.78 is 0. The van der Waals surface area contributed by atoms with Crippen LogP contribution in [0, 0.1) is 0 Å². The van der Waals surface area contributed by atoms with E-state index in [2.05, 4.69) is 22.9 Å². The van der Waals surface area contributed by atoms with Crippen LogP contribution in [0.1, 0.15) is 26.2 Å². The minimum Gasteiger partial charge on any atom is -0.478 e. The van der Waals surface area contributed by atoms with Gasteiger partial charge in [0.05, 0.1) is 0 Å². The van der Waals surface area contributed by atoms with Crippen molar-refractivity contribution in [2.75, 3.05) is 5.33 Å². The van der Waals surface area contributed by atoms with Gasteiger partial charge in [-0.05, 0) is 6.42 Å². The van der Waals surface area contributed by atoms with E-state index in [-0.39, 0.29) is 0 Å². The summed E-state index contributed by atoms with van der Waals surface area (Å²) in [5.41, 5.74) is 0.457. The second-order valence-electron chi connectivity index (χ2n) is 2.31. The van der Waals surface area contributed by atoms with E-state index in [1.54, 1.807) is 6.08 Å². The Hall–Kier alpha value is -0.310. The average Bonchev–Trinajstić information content (AvgIpc) is 1.97. The lowest BCUT2D eigenvalue weighted by Crippen LogP contribution is -2.01. The number of halogens is 1. The Kier molecular flexibility index (Phi) is 6.22. The molecule has 0 amide bonds. The number of carbonyl (C=O) groups is 1. The minimum absolute atomic E-state index is 0.437. The molecule has 11 heavy (non-hydrogen) atoms. The van der Waals surface area contributed by atoms with E-state index < -0.39 is 5.97 Å². The third kappa shape index (κ3) is 5.01. The van der Waals surface area contributed by atoms with E-state index in [0.717, 1.165) is 19.3 Å². The maximum atomic E-state index is 10.4. The third-order valence-corrected chi connectivity index (χ3v) is 1.97. The highest BCUT2D eigenvalue weighted by Gasteiger charge is 2.02. The Morgan fingerprint density at radius 1 is 1.64 bits per heavy atom. The number of hydrogen-bond donors (Lipinski definition) is 1. The highest BCUT2D eigenvalue weighted by molar-refractivity contribution is 9.09. The van der Waals surface area contributed by atoms with Gasteiger partial charge in [0.1, 0.15) is 0 Å². The summed E-state index contributed by atoms with van der Waals surface area (Å²) >= 11 is 3.12. The number of aliphatic carboxylic acids is 1. The molecule has 0 aromatic heterocycles. The van der Waals surface area contributed by atoms with Crippen molar-refractivity contribution in [2.24, 2.45) is 0 Å². The molecule has 0 rings (SSSR count). The molecule has 0 fully saturated rings. The molecule has 0 aromatic carbocycles. The van der Waals surface area contributed by atoms with E-state index in [1.165, 1.54) is 0 Å². The summed E-state index contributed by atoms with van der Waals surface area (Å²) in [5, 5.41) is 9.01. The van der Waals surface area contributed by atoms with Gasteiger partial charge in [-0.2, -0.15) is 0 Å². The van der Waals surface area contributed by atoms with Crippen LogP contribution >= 0.6 is 15.9 Å². The summed E-state index contributed by atoms with van der Waals surface area (Å²) in [6.07, 6.45) is 4.81. The summed E-state index contributed by atoms with van der Waals surface area (Å²) in [6.45, 7) is 2.09. The van der Waals surface area contributed by atoms with Crippen LogP contribution in [0.5, 0.6) is 0 Å². The number of rotatable bonds is 5. The molecular weight excluding hydrogens is 208 g/mol. The quantitative estimate of drug-likeness (QED) is 0.440. The number of unbranched alkanes of at least 4 members (excludes halogenated alkanes) is 2. The fourth-order valence-electron chi connectivity index (χ4n) is 0.679. The van der Waals surface area contributed by atoms with Crippen LogP contribution in [0.2, 0.25) is 0 Å². The average molecular weight is 221 g/mol. The zero-order valence-electron chi connectivity index (χ0n) is 6.64. The van der Waals surface area contributed by atoms with Crippen molar-refractivity contribution >= 4 is 21.9 Å². The van der Waals surface area contributed by atoms with Crippen molar-refractivity contribution in [1.82, 2.24) is 0 Å². The number of carboxylic acid groups (broad SMARTS) is 1. The number of carboxylic acids is 1. The minimum atomic E-state index is -0.821. The molecule has 0 atom stereocenters. The van der Waals surface area contributed by atoms with E-state index in [9.17, 15) is 4.79 Å². The molecule has 0 aromatic rings. The summed E-state index contributed by atoms with van der Waals surface area (Å²) in [5.74, 6) is -0.821. The summed E-state index contributed by atoms with van der Waals surface area (Å²) in [7, 11) is 0. The third-order valence-electron chi connectivity index (χ3n) is 1.37. The van der Waals surface area contributed by atoms with Gasteiger partial charge >= 0.3 is 5.97 Å². The fourth-order valence-corrected chi connectivity index (χ4v) is 1.15. The molecule has 3 heteroatoms. The first kappa shape index (κ1) is 10.7. The summed E-state index contributed by atoms with van der Waals surface area (Å²) in [4.78, 5) is 10.4. The normalized spacial score (nSPS) is 11.6. The first-order valence-corrected chi connectivity index (χ1v) is 4.82. The zero-order valence-corrected chi connectivity index (χ0v) is 8.23. The first-order valence-electron chi connectivity index (χ1n) is 3.70. The predicted molar refractivity (Wildman–Crippen MR) is 49.0 cm³/mol. The molecule has 0 saturated carbocycles. The number of alkyl halides is 1. The Bertz CT molecular complexity index is 152. The van der Waals surface area contributed by atoms with Crippen molar-refractivity contribution < 1.29 is 9.90 Å². The largest absolute Gasteiger partial charge is 0.478 e. The van der Waals surface area contributed by atoms with Crippen LogP contribution in [0.25, 0.3) is 0 Å². The van der Waals surface area contributed by atoms with Gasteiger partial charge in [-0.15, -0.1) is 0 Å². The van der Waals surface area contributed by atoms with Gasteiger partial charge in [0, 0.05) is 10.9 Å². The molecule has 0 spiro atoms. The molecule has 0 aliphatic carbocycles. The molecule has 0 aliphatic heterocycles. The Labute approximate surface area is 75.4 Å². The molecule has 0 saturated heterocycles. The van der Waals surface area contributed by atoms with Crippen molar-refractivity contribution in [1.29, 1.82) is 0 Å². The van der Waals surface area contributed by atoms with Gasteiger partial charge in [-0.1, -0.05) is 41.8 Å². The van der Waals surface area contributed by atoms with Crippen LogP contribution in [-0.4, -0.2) is 16.4 Å². The molecule has 0 radical (unpaired) electrons. The van der Waals surface area contributed by atoms with Crippen molar-refractivity contribution in [3.63, 3.8) is 0 Å². The fraction of sp³-hybridized carbons (Fsp3) is 0.625. The molecule has 0 heterocycles. The number of hydrogen-bond acceptors (Lipinski definition) is 1. The van der Waals surface area contributed by atoms with Gasteiger partial charge < -0.3 is 5.11 Å². The molecule has 2 nitrogen and oxygen atoms in total. The highest BCUT2D eigenvalue weighted by atomic mass is 79.9. The standard InChI is InChI=1S/C8H13BrO2/c1-2-3-4-5-7(6-9)8(10)11/h5H,2-4,6H2,1H3,(H,10,11). The monoisotopic (exact) mass is 220 g/mol. The van der Waals surface area contributed by atoms with Gasteiger partial charge in [0.25, 0.3) is 0 Å². The molecule has 0 unspecified atom stereocenters. The van der Waals surface area contributed by atoms with Crippen molar-refractivity contribution in [3.05, 3.63) is 11.6 Å². The van der Waals surface area contributed by atoms with Crippen LogP contribution in [0.4, 0.5) is 0 Å². The lowest BCUT2D eigenvalue weighted by molar-refractivity contribution is -0.132. The van der Waals surface area contributed by atoms with Crippen molar-refractivity contribution in [3.8, 4) is 0 Å². The van der Waals surface area contributed by atoms with Crippen LogP contribution < -0.4 is 0 Å². The van der Waals surface area contributed by atoms with Gasteiger partial charge in [-0.25, -0.2) is 4.79 Å². The maximum absolute atomic E-state index is 10.4. The van der Waals surface area contributed by atoms with Crippen LogP contribution in [-0.2, 0) is 4.79 Å². The maximum Gasteiger partial charge on any atom is 0.332 e. The number of allylic oxidation sites excluding steroid dienone is 1. The Balaban J connectivity index is 3.81. The summed E-state index contributed by atoms with van der Waals surface area (Å²) in [6, 6.07) is 0. The van der Waals surface area contributed by atoms with Crippen LogP contribution in [0.3, 0.4) is 0 Å². The zero-order chi connectivity index (χ0) is 8.69.